The molecule has 3 heteroatoms. The molecular weight excluding hydrogens is 252 g/mol. The van der Waals surface area contributed by atoms with E-state index in [4.69, 9.17) is 9.84 Å². The SMILES string of the molecule is O=C(O)C1CC1Cc1ccc(Oc2ccccc2)cc1. The van der Waals surface area contributed by atoms with Gasteiger partial charge in [0, 0.05) is 0 Å². The maximum Gasteiger partial charge on any atom is 0.306 e. The molecule has 2 aromatic carbocycles. The molecule has 0 spiro atoms. The molecule has 1 N–H and O–H groups in total. The Balaban J connectivity index is 1.59. The van der Waals surface area contributed by atoms with Gasteiger partial charge in [0.05, 0.1) is 5.92 Å². The molecule has 0 heterocycles. The lowest BCUT2D eigenvalue weighted by Gasteiger charge is -2.06. The van der Waals surface area contributed by atoms with Crippen LogP contribution in [0, 0.1) is 11.8 Å². The minimum absolute atomic E-state index is 0.143. The molecule has 1 aliphatic rings. The third-order valence-corrected chi connectivity index (χ3v) is 3.64. The molecular formula is C17H16O3. The van der Waals surface area contributed by atoms with E-state index >= 15 is 0 Å². The Labute approximate surface area is 117 Å². The van der Waals surface area contributed by atoms with Gasteiger partial charge in [-0.2, -0.15) is 0 Å². The van der Waals surface area contributed by atoms with Crippen LogP contribution in [0.15, 0.2) is 54.6 Å². The lowest BCUT2D eigenvalue weighted by molar-refractivity contribution is -0.138. The van der Waals surface area contributed by atoms with E-state index < -0.39 is 5.97 Å². The molecule has 20 heavy (non-hydrogen) atoms. The highest BCUT2D eigenvalue weighted by Gasteiger charge is 2.42. The molecule has 1 fully saturated rings. The van der Waals surface area contributed by atoms with E-state index in [1.165, 1.54) is 5.56 Å². The first-order valence-electron chi connectivity index (χ1n) is 6.77. The lowest BCUT2D eigenvalue weighted by Crippen LogP contribution is -2.01. The summed E-state index contributed by atoms with van der Waals surface area (Å²) in [5, 5.41) is 8.89. The smallest absolute Gasteiger partial charge is 0.306 e. The molecule has 0 aromatic heterocycles. The number of aliphatic carboxylic acids is 1. The number of carboxylic acids is 1. The third kappa shape index (κ3) is 2.99. The van der Waals surface area contributed by atoms with Gasteiger partial charge in [-0.25, -0.2) is 0 Å². The monoisotopic (exact) mass is 268 g/mol. The van der Waals surface area contributed by atoms with Gasteiger partial charge in [0.15, 0.2) is 0 Å². The maximum atomic E-state index is 10.8. The molecule has 2 atom stereocenters. The molecule has 0 amide bonds. The van der Waals surface area contributed by atoms with E-state index in [-0.39, 0.29) is 5.92 Å². The van der Waals surface area contributed by atoms with Crippen LogP contribution >= 0.6 is 0 Å². The van der Waals surface area contributed by atoms with Crippen LogP contribution in [0.3, 0.4) is 0 Å². The van der Waals surface area contributed by atoms with Gasteiger partial charge in [-0.05, 0) is 48.6 Å². The topological polar surface area (TPSA) is 46.5 Å². The van der Waals surface area contributed by atoms with Crippen LogP contribution in [0.4, 0.5) is 0 Å². The van der Waals surface area contributed by atoms with Gasteiger partial charge < -0.3 is 9.84 Å². The fourth-order valence-corrected chi connectivity index (χ4v) is 2.40. The summed E-state index contributed by atoms with van der Waals surface area (Å²) in [4.78, 5) is 10.8. The normalized spacial score (nSPS) is 20.4. The maximum absolute atomic E-state index is 10.8. The number of para-hydroxylation sites is 1. The number of hydrogen-bond donors (Lipinski definition) is 1. The zero-order chi connectivity index (χ0) is 13.9. The summed E-state index contributed by atoms with van der Waals surface area (Å²) in [7, 11) is 0. The molecule has 0 bridgehead atoms. The zero-order valence-electron chi connectivity index (χ0n) is 11.0. The molecule has 0 radical (unpaired) electrons. The summed E-state index contributed by atoms with van der Waals surface area (Å²) in [6, 6.07) is 17.5. The quantitative estimate of drug-likeness (QED) is 0.898. The number of rotatable bonds is 5. The standard InChI is InChI=1S/C17H16O3/c18-17(19)16-11-13(16)10-12-6-8-15(9-7-12)20-14-4-2-1-3-5-14/h1-9,13,16H,10-11H2,(H,18,19). The highest BCUT2D eigenvalue weighted by molar-refractivity contribution is 5.73. The van der Waals surface area contributed by atoms with Gasteiger partial charge in [0.2, 0.25) is 0 Å². The van der Waals surface area contributed by atoms with E-state index in [2.05, 4.69) is 0 Å². The molecule has 3 nitrogen and oxygen atoms in total. The summed E-state index contributed by atoms with van der Waals surface area (Å²) in [6.07, 6.45) is 1.64. The van der Waals surface area contributed by atoms with Crippen molar-refractivity contribution in [3.8, 4) is 11.5 Å². The average Bonchev–Trinajstić information content (AvgIpc) is 3.22. The molecule has 1 aliphatic carbocycles. The second-order valence-electron chi connectivity index (χ2n) is 5.20. The van der Waals surface area contributed by atoms with Crippen molar-refractivity contribution in [1.82, 2.24) is 0 Å². The van der Waals surface area contributed by atoms with E-state index in [9.17, 15) is 4.79 Å². The number of carbonyl (C=O) groups is 1. The predicted molar refractivity (Wildman–Crippen MR) is 75.9 cm³/mol. The van der Waals surface area contributed by atoms with E-state index in [0.29, 0.717) is 5.92 Å². The van der Waals surface area contributed by atoms with Gasteiger partial charge in [-0.1, -0.05) is 30.3 Å². The second kappa shape index (κ2) is 5.37. The molecule has 102 valence electrons. The summed E-state index contributed by atoms with van der Waals surface area (Å²) in [5.74, 6) is 1.10. The van der Waals surface area contributed by atoms with Crippen molar-refractivity contribution in [2.75, 3.05) is 0 Å². The van der Waals surface area contributed by atoms with Gasteiger partial charge in [-0.15, -0.1) is 0 Å². The van der Waals surface area contributed by atoms with E-state index in [1.807, 2.05) is 54.6 Å². The van der Waals surface area contributed by atoms with Gasteiger partial charge >= 0.3 is 5.97 Å². The van der Waals surface area contributed by atoms with E-state index in [1.54, 1.807) is 0 Å². The Kier molecular flexibility index (Phi) is 3.42. The highest BCUT2D eigenvalue weighted by atomic mass is 16.5. The molecule has 2 unspecified atom stereocenters. The van der Waals surface area contributed by atoms with Crippen LogP contribution in [-0.2, 0) is 11.2 Å². The number of hydrogen-bond acceptors (Lipinski definition) is 2. The van der Waals surface area contributed by atoms with Gasteiger partial charge in [0.1, 0.15) is 11.5 Å². The van der Waals surface area contributed by atoms with Crippen molar-refractivity contribution >= 4 is 5.97 Å². The van der Waals surface area contributed by atoms with Crippen LogP contribution in [0.1, 0.15) is 12.0 Å². The summed E-state index contributed by atoms with van der Waals surface area (Å²) < 4.78 is 5.72. The van der Waals surface area contributed by atoms with Crippen LogP contribution in [-0.4, -0.2) is 11.1 Å². The van der Waals surface area contributed by atoms with Gasteiger partial charge in [0.25, 0.3) is 0 Å². The first-order valence-corrected chi connectivity index (χ1v) is 6.77. The Morgan fingerprint density at radius 3 is 2.30 bits per heavy atom. The molecule has 2 aromatic rings. The second-order valence-corrected chi connectivity index (χ2v) is 5.20. The van der Waals surface area contributed by atoms with Crippen molar-refractivity contribution in [3.05, 3.63) is 60.2 Å². The Bertz CT molecular complexity index is 589. The van der Waals surface area contributed by atoms with Crippen LogP contribution < -0.4 is 4.74 Å². The van der Waals surface area contributed by atoms with Crippen LogP contribution in [0.2, 0.25) is 0 Å². The van der Waals surface area contributed by atoms with Crippen molar-refractivity contribution < 1.29 is 14.6 Å². The summed E-state index contributed by atoms with van der Waals surface area (Å²) in [6.45, 7) is 0. The van der Waals surface area contributed by atoms with E-state index in [0.717, 1.165) is 24.3 Å². The minimum Gasteiger partial charge on any atom is -0.481 e. The summed E-state index contributed by atoms with van der Waals surface area (Å²) in [5.41, 5.74) is 1.17. The fourth-order valence-electron chi connectivity index (χ4n) is 2.40. The highest BCUT2D eigenvalue weighted by Crippen LogP contribution is 2.41. The third-order valence-electron chi connectivity index (χ3n) is 3.64. The first-order chi connectivity index (χ1) is 9.72. The number of carboxylic acid groups (broad SMARTS) is 1. The van der Waals surface area contributed by atoms with Crippen LogP contribution in [0.5, 0.6) is 11.5 Å². The van der Waals surface area contributed by atoms with Crippen molar-refractivity contribution in [2.24, 2.45) is 11.8 Å². The Morgan fingerprint density at radius 2 is 1.70 bits per heavy atom. The van der Waals surface area contributed by atoms with Gasteiger partial charge in [-0.3, -0.25) is 4.79 Å². The zero-order valence-corrected chi connectivity index (χ0v) is 11.0. The summed E-state index contributed by atoms with van der Waals surface area (Å²) >= 11 is 0. The largest absolute Gasteiger partial charge is 0.481 e. The predicted octanol–water partition coefficient (Wildman–Crippen LogP) is 3.74. The molecule has 1 saturated carbocycles. The molecule has 3 rings (SSSR count). The van der Waals surface area contributed by atoms with Crippen LogP contribution in [0.25, 0.3) is 0 Å². The molecule has 0 saturated heterocycles. The average molecular weight is 268 g/mol. The van der Waals surface area contributed by atoms with Crippen molar-refractivity contribution in [3.63, 3.8) is 0 Å². The molecule has 0 aliphatic heterocycles. The Hall–Kier alpha value is -2.29. The first kappa shape index (κ1) is 12.7. The number of benzene rings is 2. The Morgan fingerprint density at radius 1 is 1.05 bits per heavy atom. The van der Waals surface area contributed by atoms with Crippen molar-refractivity contribution in [1.29, 1.82) is 0 Å². The van der Waals surface area contributed by atoms with Crippen molar-refractivity contribution in [2.45, 2.75) is 12.8 Å². The number of ether oxygens (including phenoxy) is 1. The lowest BCUT2D eigenvalue weighted by atomic mass is 10.1. The fraction of sp³-hybridized carbons (Fsp3) is 0.235. The minimum atomic E-state index is -0.668.